The fourth-order valence-corrected chi connectivity index (χ4v) is 5.25. The summed E-state index contributed by atoms with van der Waals surface area (Å²) in [6.45, 7) is 5.65. The molecule has 0 aromatic carbocycles. The first-order valence-electron chi connectivity index (χ1n) is 10.3. The third kappa shape index (κ3) is 3.90. The molecule has 4 rings (SSSR count). The van der Waals surface area contributed by atoms with Crippen molar-refractivity contribution in [2.24, 2.45) is 5.92 Å². The van der Waals surface area contributed by atoms with E-state index in [0.717, 1.165) is 30.3 Å². The van der Waals surface area contributed by atoms with Gasteiger partial charge in [0.15, 0.2) is 5.16 Å². The number of amides is 1. The van der Waals surface area contributed by atoms with Crippen molar-refractivity contribution in [3.63, 3.8) is 0 Å². The van der Waals surface area contributed by atoms with Crippen molar-refractivity contribution in [3.8, 4) is 5.88 Å². The number of hydrogen-bond donors (Lipinski definition) is 2. The highest BCUT2D eigenvalue weighted by Gasteiger charge is 2.36. The number of nitrogens with one attached hydrogen (secondary N) is 1. The third-order valence-electron chi connectivity index (χ3n) is 6.18. The van der Waals surface area contributed by atoms with Gasteiger partial charge in [-0.15, -0.1) is 0 Å². The summed E-state index contributed by atoms with van der Waals surface area (Å²) in [4.78, 5) is 45.8. The molecule has 9 heteroatoms. The molecule has 8 nitrogen and oxygen atoms in total. The smallest absolute Gasteiger partial charge is 0.258 e. The maximum absolute atomic E-state index is 12.8. The summed E-state index contributed by atoms with van der Waals surface area (Å²) in [5.74, 6) is 0.169. The summed E-state index contributed by atoms with van der Waals surface area (Å²) in [5, 5.41) is 10.4. The van der Waals surface area contributed by atoms with Crippen molar-refractivity contribution in [2.45, 2.75) is 50.2 Å². The molecule has 2 aliphatic rings. The molecule has 0 aliphatic carbocycles. The molecule has 2 N–H and O–H groups in total. The van der Waals surface area contributed by atoms with Crippen LogP contribution in [0, 0.1) is 5.92 Å². The van der Waals surface area contributed by atoms with Crippen molar-refractivity contribution < 1.29 is 9.90 Å². The van der Waals surface area contributed by atoms with Crippen molar-refractivity contribution in [1.29, 1.82) is 0 Å². The van der Waals surface area contributed by atoms with Crippen molar-refractivity contribution in [3.05, 3.63) is 50.2 Å². The number of hydrogen-bond acceptors (Lipinski definition) is 6. The largest absolute Gasteiger partial charge is 0.493 e. The van der Waals surface area contributed by atoms with Gasteiger partial charge in [-0.05, 0) is 30.7 Å². The van der Waals surface area contributed by atoms with Gasteiger partial charge in [0.1, 0.15) is 0 Å². The Hall–Kier alpha value is -2.55. The van der Waals surface area contributed by atoms with Crippen LogP contribution in [0.5, 0.6) is 5.88 Å². The van der Waals surface area contributed by atoms with Gasteiger partial charge in [0, 0.05) is 37.3 Å². The average Bonchev–Trinajstić information content (AvgIpc) is 2.72. The average molecular weight is 431 g/mol. The predicted octanol–water partition coefficient (Wildman–Crippen LogP) is 1.89. The quantitative estimate of drug-likeness (QED) is 0.554. The normalized spacial score (nSPS) is 21.2. The maximum Gasteiger partial charge on any atom is 0.258 e. The standard InChI is InChI=1S/C21H26N4O4S/c1-3-12(2)18-19(28)22-21(23-20(18)29)30-11-17(27)24-8-13-7-14(10-24)15-5-4-6-16(26)25(15)9-13/h4-6,12-14H,3,7-11H2,1-2H3,(H2,22,23,28,29)/t12-,13-,14-/m0/s1. The van der Waals surface area contributed by atoms with Gasteiger partial charge in [-0.1, -0.05) is 31.7 Å². The van der Waals surface area contributed by atoms with E-state index in [1.165, 1.54) is 0 Å². The number of piperidine rings is 1. The van der Waals surface area contributed by atoms with Crippen molar-refractivity contribution in [2.75, 3.05) is 18.8 Å². The van der Waals surface area contributed by atoms with E-state index in [9.17, 15) is 19.5 Å². The Kier molecular flexibility index (Phi) is 5.73. The van der Waals surface area contributed by atoms with Crippen LogP contribution in [-0.4, -0.2) is 49.3 Å². The van der Waals surface area contributed by atoms with Gasteiger partial charge in [-0.3, -0.25) is 14.4 Å². The maximum atomic E-state index is 12.8. The van der Waals surface area contributed by atoms with E-state index in [1.807, 2.05) is 29.4 Å². The molecule has 160 valence electrons. The Labute approximate surface area is 178 Å². The predicted molar refractivity (Wildman–Crippen MR) is 114 cm³/mol. The number of aromatic nitrogens is 3. The van der Waals surface area contributed by atoms with Crippen LogP contribution in [0.2, 0.25) is 0 Å². The van der Waals surface area contributed by atoms with Crippen molar-refractivity contribution >= 4 is 17.7 Å². The Bertz CT molecular complexity index is 1080. The Morgan fingerprint density at radius 1 is 1.33 bits per heavy atom. The highest BCUT2D eigenvalue weighted by Crippen LogP contribution is 2.35. The molecule has 2 aromatic heterocycles. The highest BCUT2D eigenvalue weighted by atomic mass is 32.2. The first-order valence-corrected chi connectivity index (χ1v) is 11.3. The molecule has 1 saturated heterocycles. The molecule has 2 aromatic rings. The Morgan fingerprint density at radius 3 is 2.87 bits per heavy atom. The minimum Gasteiger partial charge on any atom is -0.493 e. The first kappa shape index (κ1) is 20.7. The topological polar surface area (TPSA) is 108 Å². The van der Waals surface area contributed by atoms with Gasteiger partial charge in [-0.2, -0.15) is 4.98 Å². The number of likely N-dealkylation sites (tertiary alicyclic amines) is 1. The second-order valence-corrected chi connectivity index (χ2v) is 9.17. The number of nitrogens with zero attached hydrogens (tertiary/aromatic N) is 3. The number of aromatic hydroxyl groups is 1. The number of rotatable bonds is 5. The Morgan fingerprint density at radius 2 is 2.13 bits per heavy atom. The van der Waals surface area contributed by atoms with E-state index in [2.05, 4.69) is 9.97 Å². The number of pyridine rings is 1. The zero-order chi connectivity index (χ0) is 21.4. The van der Waals surface area contributed by atoms with Gasteiger partial charge in [0.2, 0.25) is 11.8 Å². The van der Waals surface area contributed by atoms with E-state index in [-0.39, 0.29) is 57.1 Å². The van der Waals surface area contributed by atoms with E-state index in [4.69, 9.17) is 0 Å². The summed E-state index contributed by atoms with van der Waals surface area (Å²) < 4.78 is 1.84. The molecular weight excluding hydrogens is 404 g/mol. The van der Waals surface area contributed by atoms with Gasteiger partial charge in [-0.25, -0.2) is 0 Å². The molecule has 0 spiro atoms. The molecule has 1 amide bonds. The van der Waals surface area contributed by atoms with Crippen LogP contribution < -0.4 is 11.1 Å². The third-order valence-corrected chi connectivity index (χ3v) is 7.04. The monoisotopic (exact) mass is 430 g/mol. The lowest BCUT2D eigenvalue weighted by Gasteiger charge is -2.42. The molecule has 3 atom stereocenters. The minimum absolute atomic E-state index is 0.0215. The van der Waals surface area contributed by atoms with Crippen molar-refractivity contribution in [1.82, 2.24) is 19.4 Å². The fourth-order valence-electron chi connectivity index (χ4n) is 4.49. The van der Waals surface area contributed by atoms with Crippen LogP contribution in [0.4, 0.5) is 0 Å². The second-order valence-electron chi connectivity index (χ2n) is 8.20. The number of carbonyl (C=O) groups excluding carboxylic acids is 1. The highest BCUT2D eigenvalue weighted by molar-refractivity contribution is 7.99. The fraction of sp³-hybridized carbons (Fsp3) is 0.524. The number of carbonyl (C=O) groups is 1. The van der Waals surface area contributed by atoms with Gasteiger partial charge in [0.05, 0.1) is 11.3 Å². The molecule has 0 radical (unpaired) electrons. The summed E-state index contributed by atoms with van der Waals surface area (Å²) in [5.41, 5.74) is 0.945. The van der Waals surface area contributed by atoms with Gasteiger partial charge >= 0.3 is 0 Å². The van der Waals surface area contributed by atoms with E-state index >= 15 is 0 Å². The number of fused-ring (bicyclic) bond motifs is 4. The van der Waals surface area contributed by atoms with E-state index in [1.54, 1.807) is 12.1 Å². The zero-order valence-electron chi connectivity index (χ0n) is 17.1. The molecule has 2 aliphatic heterocycles. The number of aromatic amines is 1. The lowest BCUT2D eigenvalue weighted by molar-refractivity contribution is -0.131. The van der Waals surface area contributed by atoms with E-state index in [0.29, 0.717) is 19.6 Å². The van der Waals surface area contributed by atoms with Crippen LogP contribution in [0.25, 0.3) is 0 Å². The van der Waals surface area contributed by atoms with Crippen LogP contribution >= 0.6 is 11.8 Å². The Balaban J connectivity index is 1.43. The van der Waals surface area contributed by atoms with Crippen LogP contribution in [0.15, 0.2) is 32.9 Å². The lowest BCUT2D eigenvalue weighted by atomic mass is 9.83. The molecule has 2 bridgehead atoms. The molecule has 1 fully saturated rings. The van der Waals surface area contributed by atoms with Gasteiger partial charge in [0.25, 0.3) is 11.1 Å². The molecule has 30 heavy (non-hydrogen) atoms. The van der Waals surface area contributed by atoms with Crippen LogP contribution in [0.1, 0.15) is 49.8 Å². The number of H-pyrrole nitrogens is 1. The lowest BCUT2D eigenvalue weighted by Crippen LogP contribution is -2.49. The summed E-state index contributed by atoms with van der Waals surface area (Å²) in [6, 6.07) is 5.34. The molecular formula is C21H26N4O4S. The summed E-state index contributed by atoms with van der Waals surface area (Å²) >= 11 is 1.12. The molecule has 4 heterocycles. The number of thioether (sulfide) groups is 1. The summed E-state index contributed by atoms with van der Waals surface area (Å²) in [6.07, 6.45) is 1.70. The van der Waals surface area contributed by atoms with E-state index < -0.39 is 0 Å². The molecule has 0 saturated carbocycles. The molecule has 0 unspecified atom stereocenters. The minimum atomic E-state index is -0.360. The van der Waals surface area contributed by atoms with Crippen LogP contribution in [-0.2, 0) is 11.3 Å². The SMILES string of the molecule is CC[C@H](C)c1c(O)nc(SCC(=O)N2C[C@@H]3C[C@@H](C2)c2cccc(=O)n2C3)[nH]c1=O. The van der Waals surface area contributed by atoms with Gasteiger partial charge < -0.3 is 19.6 Å². The zero-order valence-corrected chi connectivity index (χ0v) is 17.9. The first-order chi connectivity index (χ1) is 14.4. The van der Waals surface area contributed by atoms with Crippen LogP contribution in [0.3, 0.4) is 0 Å². The second kappa shape index (κ2) is 8.29. The summed E-state index contributed by atoms with van der Waals surface area (Å²) in [7, 11) is 0.